The standard InChI is InChI=1S/C9H6Cl2N2S/c10-6-3-1-2-5(8(6)11)7-4-12-9(14)13-7/h1-4H,(H2,12,13,14). The molecule has 2 rings (SSSR count). The zero-order valence-corrected chi connectivity index (χ0v) is 9.30. The Labute approximate surface area is 95.9 Å². The van der Waals surface area contributed by atoms with E-state index in [2.05, 4.69) is 9.97 Å². The minimum Gasteiger partial charge on any atom is -0.337 e. The van der Waals surface area contributed by atoms with Gasteiger partial charge in [-0.05, 0) is 18.3 Å². The van der Waals surface area contributed by atoms with Crippen LogP contribution >= 0.6 is 35.4 Å². The zero-order chi connectivity index (χ0) is 10.1. The van der Waals surface area contributed by atoms with E-state index in [1.807, 2.05) is 12.1 Å². The van der Waals surface area contributed by atoms with Gasteiger partial charge in [0, 0.05) is 11.8 Å². The number of rotatable bonds is 1. The molecule has 0 radical (unpaired) electrons. The third-order valence-electron chi connectivity index (χ3n) is 1.84. The van der Waals surface area contributed by atoms with Crippen LogP contribution < -0.4 is 0 Å². The summed E-state index contributed by atoms with van der Waals surface area (Å²) in [5.74, 6) is 0. The molecule has 0 saturated carbocycles. The molecule has 0 fully saturated rings. The van der Waals surface area contributed by atoms with Gasteiger partial charge in [-0.2, -0.15) is 0 Å². The number of aromatic nitrogens is 2. The van der Waals surface area contributed by atoms with Crippen LogP contribution in [-0.4, -0.2) is 9.97 Å². The smallest absolute Gasteiger partial charge is 0.174 e. The molecule has 14 heavy (non-hydrogen) atoms. The number of H-pyrrole nitrogens is 2. The fourth-order valence-electron chi connectivity index (χ4n) is 1.19. The summed E-state index contributed by atoms with van der Waals surface area (Å²) in [5.41, 5.74) is 1.68. The van der Waals surface area contributed by atoms with E-state index < -0.39 is 0 Å². The van der Waals surface area contributed by atoms with E-state index in [1.165, 1.54) is 0 Å². The highest BCUT2D eigenvalue weighted by Gasteiger charge is 2.07. The quantitative estimate of drug-likeness (QED) is 0.730. The van der Waals surface area contributed by atoms with E-state index in [4.69, 9.17) is 35.4 Å². The average Bonchev–Trinajstić information content (AvgIpc) is 2.57. The first kappa shape index (κ1) is 9.77. The fourth-order valence-corrected chi connectivity index (χ4v) is 1.76. The van der Waals surface area contributed by atoms with Gasteiger partial charge < -0.3 is 9.97 Å². The van der Waals surface area contributed by atoms with Crippen molar-refractivity contribution in [3.8, 4) is 11.3 Å². The summed E-state index contributed by atoms with van der Waals surface area (Å²) in [4.78, 5) is 5.85. The monoisotopic (exact) mass is 244 g/mol. The molecular weight excluding hydrogens is 239 g/mol. The number of imidazole rings is 1. The maximum Gasteiger partial charge on any atom is 0.174 e. The summed E-state index contributed by atoms with van der Waals surface area (Å²) < 4.78 is 0.566. The van der Waals surface area contributed by atoms with Crippen molar-refractivity contribution in [3.63, 3.8) is 0 Å². The number of aromatic amines is 2. The molecule has 0 amide bonds. The van der Waals surface area contributed by atoms with Gasteiger partial charge in [0.25, 0.3) is 0 Å². The first-order valence-electron chi connectivity index (χ1n) is 3.90. The molecule has 5 heteroatoms. The van der Waals surface area contributed by atoms with Gasteiger partial charge in [0.2, 0.25) is 0 Å². The van der Waals surface area contributed by atoms with Crippen molar-refractivity contribution in [1.82, 2.24) is 9.97 Å². The largest absolute Gasteiger partial charge is 0.337 e. The molecule has 1 aromatic carbocycles. The number of hydrogen-bond donors (Lipinski definition) is 2. The van der Waals surface area contributed by atoms with Crippen LogP contribution in [0.15, 0.2) is 24.4 Å². The Kier molecular flexibility index (Phi) is 2.63. The van der Waals surface area contributed by atoms with Gasteiger partial charge in [0.05, 0.1) is 15.7 Å². The predicted octanol–water partition coefficient (Wildman–Crippen LogP) is 4.05. The fraction of sp³-hybridized carbons (Fsp3) is 0. The number of hydrogen-bond acceptors (Lipinski definition) is 1. The molecule has 1 aromatic heterocycles. The molecule has 0 aliphatic rings. The van der Waals surface area contributed by atoms with Crippen molar-refractivity contribution in [2.45, 2.75) is 0 Å². The normalized spacial score (nSPS) is 10.4. The van der Waals surface area contributed by atoms with Gasteiger partial charge in [0.15, 0.2) is 4.77 Å². The van der Waals surface area contributed by atoms with Gasteiger partial charge in [-0.3, -0.25) is 0 Å². The molecule has 0 atom stereocenters. The van der Waals surface area contributed by atoms with Crippen molar-refractivity contribution in [2.75, 3.05) is 0 Å². The summed E-state index contributed by atoms with van der Waals surface area (Å²) in [7, 11) is 0. The molecule has 0 bridgehead atoms. The van der Waals surface area contributed by atoms with E-state index in [1.54, 1.807) is 12.3 Å². The topological polar surface area (TPSA) is 31.6 Å². The second kappa shape index (κ2) is 3.77. The molecule has 0 unspecified atom stereocenters. The van der Waals surface area contributed by atoms with Crippen LogP contribution in [0.5, 0.6) is 0 Å². The molecule has 2 nitrogen and oxygen atoms in total. The predicted molar refractivity (Wildman–Crippen MR) is 61.4 cm³/mol. The summed E-state index contributed by atoms with van der Waals surface area (Å²) in [6.07, 6.45) is 1.76. The van der Waals surface area contributed by atoms with Crippen LogP contribution in [0.4, 0.5) is 0 Å². The highest BCUT2D eigenvalue weighted by molar-refractivity contribution is 7.71. The van der Waals surface area contributed by atoms with Gasteiger partial charge >= 0.3 is 0 Å². The highest BCUT2D eigenvalue weighted by atomic mass is 35.5. The first-order valence-corrected chi connectivity index (χ1v) is 5.07. The summed E-state index contributed by atoms with van der Waals surface area (Å²) in [6.45, 7) is 0. The van der Waals surface area contributed by atoms with Crippen LogP contribution in [-0.2, 0) is 0 Å². The van der Waals surface area contributed by atoms with Gasteiger partial charge in [-0.15, -0.1) is 0 Å². The lowest BCUT2D eigenvalue weighted by molar-refractivity contribution is 1.27. The first-order chi connectivity index (χ1) is 6.68. The number of benzene rings is 1. The molecule has 0 aliphatic carbocycles. The van der Waals surface area contributed by atoms with Crippen molar-refractivity contribution in [1.29, 1.82) is 0 Å². The third kappa shape index (κ3) is 1.71. The Morgan fingerprint density at radius 3 is 2.64 bits per heavy atom. The molecule has 72 valence electrons. The average molecular weight is 245 g/mol. The van der Waals surface area contributed by atoms with Gasteiger partial charge in [-0.1, -0.05) is 35.3 Å². The van der Waals surface area contributed by atoms with Crippen molar-refractivity contribution < 1.29 is 0 Å². The number of halogens is 2. The maximum absolute atomic E-state index is 6.04. The van der Waals surface area contributed by atoms with Crippen LogP contribution in [0.2, 0.25) is 10.0 Å². The van der Waals surface area contributed by atoms with Crippen LogP contribution in [0.1, 0.15) is 0 Å². The number of nitrogens with one attached hydrogen (secondary N) is 2. The van der Waals surface area contributed by atoms with Crippen molar-refractivity contribution in [3.05, 3.63) is 39.2 Å². The van der Waals surface area contributed by atoms with Gasteiger partial charge in [-0.25, -0.2) is 0 Å². The lowest BCUT2D eigenvalue weighted by Crippen LogP contribution is -1.79. The lowest BCUT2D eigenvalue weighted by Gasteiger charge is -2.01. The SMILES string of the molecule is S=c1[nH]cc(-c2cccc(Cl)c2Cl)[nH]1. The van der Waals surface area contributed by atoms with Gasteiger partial charge in [0.1, 0.15) is 0 Å². The Morgan fingerprint density at radius 1 is 1.21 bits per heavy atom. The zero-order valence-electron chi connectivity index (χ0n) is 6.97. The molecule has 0 spiro atoms. The van der Waals surface area contributed by atoms with Crippen LogP contribution in [0.25, 0.3) is 11.3 Å². The van der Waals surface area contributed by atoms with Crippen molar-refractivity contribution >= 4 is 35.4 Å². The molecular formula is C9H6Cl2N2S. The second-order valence-electron chi connectivity index (χ2n) is 2.76. The summed E-state index contributed by atoms with van der Waals surface area (Å²) >= 11 is 16.8. The Bertz CT molecular complexity index is 516. The Morgan fingerprint density at radius 2 is 2.00 bits per heavy atom. The van der Waals surface area contributed by atoms with Crippen LogP contribution in [0.3, 0.4) is 0 Å². The highest BCUT2D eigenvalue weighted by Crippen LogP contribution is 2.31. The summed E-state index contributed by atoms with van der Waals surface area (Å²) in [5, 5.41) is 1.06. The molecule has 2 aromatic rings. The molecule has 1 heterocycles. The minimum atomic E-state index is 0.527. The van der Waals surface area contributed by atoms with E-state index in [0.29, 0.717) is 14.8 Å². The molecule has 0 saturated heterocycles. The second-order valence-corrected chi connectivity index (χ2v) is 3.95. The van der Waals surface area contributed by atoms with Crippen LogP contribution in [0, 0.1) is 4.77 Å². The Balaban J connectivity index is 2.62. The third-order valence-corrected chi connectivity index (χ3v) is 2.88. The van der Waals surface area contributed by atoms with E-state index >= 15 is 0 Å². The van der Waals surface area contributed by atoms with E-state index in [9.17, 15) is 0 Å². The van der Waals surface area contributed by atoms with E-state index in [-0.39, 0.29) is 0 Å². The summed E-state index contributed by atoms with van der Waals surface area (Å²) in [6, 6.07) is 5.46. The minimum absolute atomic E-state index is 0.527. The lowest BCUT2D eigenvalue weighted by atomic mass is 10.2. The Hall–Kier alpha value is -0.770. The molecule has 0 aliphatic heterocycles. The van der Waals surface area contributed by atoms with Crippen molar-refractivity contribution in [2.24, 2.45) is 0 Å². The molecule has 2 N–H and O–H groups in total. The van der Waals surface area contributed by atoms with E-state index in [0.717, 1.165) is 11.3 Å². The maximum atomic E-state index is 6.04.